The third kappa shape index (κ3) is 1.03. The van der Waals surface area contributed by atoms with Crippen LogP contribution in [0.2, 0.25) is 0 Å². The fourth-order valence-corrected chi connectivity index (χ4v) is 0.888. The molecule has 3 heteroatoms. The van der Waals surface area contributed by atoms with Gasteiger partial charge in [-0.25, -0.2) is 0 Å². The third-order valence-corrected chi connectivity index (χ3v) is 1.46. The molecule has 0 saturated heterocycles. The van der Waals surface area contributed by atoms with Gasteiger partial charge in [0.25, 0.3) is 0 Å². The van der Waals surface area contributed by atoms with Crippen molar-refractivity contribution >= 4 is 5.71 Å². The van der Waals surface area contributed by atoms with Crippen LogP contribution in [0.25, 0.3) is 0 Å². The van der Waals surface area contributed by atoms with Crippen molar-refractivity contribution < 1.29 is 5.21 Å². The molecule has 1 heterocycles. The van der Waals surface area contributed by atoms with E-state index in [9.17, 15) is 0 Å². The van der Waals surface area contributed by atoms with Gasteiger partial charge in [-0.3, -0.25) is 0 Å². The van der Waals surface area contributed by atoms with Crippen LogP contribution in [0.3, 0.4) is 0 Å². The number of hydrogen-bond donors (Lipinski definition) is 1. The van der Waals surface area contributed by atoms with Crippen molar-refractivity contribution in [3.05, 3.63) is 24.0 Å². The van der Waals surface area contributed by atoms with Gasteiger partial charge in [-0.2, -0.15) is 0 Å². The van der Waals surface area contributed by atoms with E-state index in [0.29, 0.717) is 5.71 Å². The summed E-state index contributed by atoms with van der Waals surface area (Å²) in [6.45, 7) is 1.76. The largest absolute Gasteiger partial charge is 0.411 e. The third-order valence-electron chi connectivity index (χ3n) is 1.46. The predicted octanol–water partition coefficient (Wildman–Crippen LogP) is 1.22. The Kier molecular flexibility index (Phi) is 1.76. The van der Waals surface area contributed by atoms with Crippen molar-refractivity contribution in [3.8, 4) is 0 Å². The molecule has 0 saturated carbocycles. The Labute approximate surface area is 59.6 Å². The van der Waals surface area contributed by atoms with Crippen LogP contribution in [0, 0.1) is 0 Å². The van der Waals surface area contributed by atoms with Crippen molar-refractivity contribution in [2.24, 2.45) is 12.2 Å². The molecule has 1 aromatic rings. The lowest BCUT2D eigenvalue weighted by Gasteiger charge is -1.98. The quantitative estimate of drug-likeness (QED) is 0.353. The predicted molar refractivity (Wildman–Crippen MR) is 39.4 cm³/mol. The molecule has 54 valence electrons. The minimum atomic E-state index is 0.632. The number of aryl methyl sites for hydroxylation is 1. The van der Waals surface area contributed by atoms with Gasteiger partial charge in [-0.15, -0.1) is 0 Å². The molecule has 0 atom stereocenters. The average Bonchev–Trinajstić information content (AvgIpc) is 2.34. The van der Waals surface area contributed by atoms with Crippen LogP contribution in [-0.2, 0) is 7.05 Å². The van der Waals surface area contributed by atoms with Gasteiger partial charge in [-0.05, 0) is 19.1 Å². The topological polar surface area (TPSA) is 37.5 Å². The number of nitrogens with zero attached hydrogens (tertiary/aromatic N) is 2. The summed E-state index contributed by atoms with van der Waals surface area (Å²) in [5, 5.41) is 11.5. The first-order valence-corrected chi connectivity index (χ1v) is 3.06. The molecule has 0 aromatic carbocycles. The molecule has 0 unspecified atom stereocenters. The van der Waals surface area contributed by atoms with Gasteiger partial charge >= 0.3 is 0 Å². The van der Waals surface area contributed by atoms with Gasteiger partial charge in [0, 0.05) is 13.2 Å². The Balaban J connectivity index is 3.05. The molecule has 0 amide bonds. The van der Waals surface area contributed by atoms with Gasteiger partial charge in [0.05, 0.1) is 5.69 Å². The van der Waals surface area contributed by atoms with E-state index in [0.717, 1.165) is 5.69 Å². The van der Waals surface area contributed by atoms with Gasteiger partial charge in [-0.1, -0.05) is 5.16 Å². The lowest BCUT2D eigenvalue weighted by Crippen LogP contribution is -2.01. The van der Waals surface area contributed by atoms with Crippen LogP contribution in [0.15, 0.2) is 23.5 Å². The number of rotatable bonds is 1. The minimum Gasteiger partial charge on any atom is -0.411 e. The highest BCUT2D eigenvalue weighted by molar-refractivity contribution is 5.96. The molecular formula is C7H10N2O. The molecule has 0 spiro atoms. The van der Waals surface area contributed by atoms with Crippen LogP contribution in [0.4, 0.5) is 0 Å². The summed E-state index contributed by atoms with van der Waals surface area (Å²) in [6.07, 6.45) is 1.91. The van der Waals surface area contributed by atoms with E-state index in [4.69, 9.17) is 5.21 Å². The van der Waals surface area contributed by atoms with Crippen LogP contribution in [-0.4, -0.2) is 15.5 Å². The van der Waals surface area contributed by atoms with Crippen LogP contribution < -0.4 is 0 Å². The number of aromatic nitrogens is 1. The van der Waals surface area contributed by atoms with Crippen molar-refractivity contribution in [1.82, 2.24) is 4.57 Å². The standard InChI is InChI=1S/C7H10N2O/c1-6(8-10)7-4-3-5-9(7)2/h3-5,10H,1-2H3. The van der Waals surface area contributed by atoms with Gasteiger partial charge in [0.15, 0.2) is 0 Å². The Morgan fingerprint density at radius 2 is 2.40 bits per heavy atom. The van der Waals surface area contributed by atoms with Gasteiger partial charge in [0.1, 0.15) is 5.71 Å². The Morgan fingerprint density at radius 3 is 2.80 bits per heavy atom. The number of hydrogen-bond acceptors (Lipinski definition) is 2. The lowest BCUT2D eigenvalue weighted by atomic mass is 10.3. The normalized spacial score (nSPS) is 12.0. The van der Waals surface area contributed by atoms with Gasteiger partial charge in [0.2, 0.25) is 0 Å². The van der Waals surface area contributed by atoms with Crippen molar-refractivity contribution in [3.63, 3.8) is 0 Å². The zero-order chi connectivity index (χ0) is 7.56. The fraction of sp³-hybridized carbons (Fsp3) is 0.286. The lowest BCUT2D eigenvalue weighted by molar-refractivity contribution is 0.318. The molecule has 0 radical (unpaired) electrons. The SMILES string of the molecule is CC(=NO)c1cccn1C. The summed E-state index contributed by atoms with van der Waals surface area (Å²) >= 11 is 0. The molecule has 1 aromatic heterocycles. The first-order valence-electron chi connectivity index (χ1n) is 3.06. The maximum absolute atomic E-state index is 8.41. The van der Waals surface area contributed by atoms with E-state index in [2.05, 4.69) is 5.16 Å². The molecule has 10 heavy (non-hydrogen) atoms. The molecule has 3 nitrogen and oxygen atoms in total. The summed E-state index contributed by atoms with van der Waals surface area (Å²) < 4.78 is 1.90. The minimum absolute atomic E-state index is 0.632. The van der Waals surface area contributed by atoms with Crippen LogP contribution in [0.5, 0.6) is 0 Å². The van der Waals surface area contributed by atoms with E-state index in [1.165, 1.54) is 0 Å². The highest BCUT2D eigenvalue weighted by atomic mass is 16.4. The van der Waals surface area contributed by atoms with E-state index in [1.54, 1.807) is 6.92 Å². The molecule has 0 fully saturated rings. The van der Waals surface area contributed by atoms with Crippen molar-refractivity contribution in [2.45, 2.75) is 6.92 Å². The zero-order valence-electron chi connectivity index (χ0n) is 6.07. The first kappa shape index (κ1) is 6.86. The highest BCUT2D eigenvalue weighted by Gasteiger charge is 1.99. The maximum Gasteiger partial charge on any atom is 0.100 e. The molecule has 0 aliphatic heterocycles. The van der Waals surface area contributed by atoms with E-state index in [1.807, 2.05) is 29.9 Å². The molecule has 1 rings (SSSR count). The Hall–Kier alpha value is -1.25. The average molecular weight is 138 g/mol. The number of oxime groups is 1. The van der Waals surface area contributed by atoms with Crippen LogP contribution >= 0.6 is 0 Å². The monoisotopic (exact) mass is 138 g/mol. The van der Waals surface area contributed by atoms with Gasteiger partial charge < -0.3 is 9.77 Å². The maximum atomic E-state index is 8.41. The second-order valence-electron chi connectivity index (χ2n) is 2.19. The molecule has 0 aliphatic rings. The second-order valence-corrected chi connectivity index (χ2v) is 2.19. The molecule has 0 aliphatic carbocycles. The highest BCUT2D eigenvalue weighted by Crippen LogP contribution is 2.00. The second kappa shape index (κ2) is 2.56. The summed E-state index contributed by atoms with van der Waals surface area (Å²) in [5.41, 5.74) is 1.56. The van der Waals surface area contributed by atoms with Crippen molar-refractivity contribution in [1.29, 1.82) is 0 Å². The summed E-state index contributed by atoms with van der Waals surface area (Å²) in [4.78, 5) is 0. The zero-order valence-corrected chi connectivity index (χ0v) is 6.07. The smallest absolute Gasteiger partial charge is 0.100 e. The van der Waals surface area contributed by atoms with Crippen LogP contribution in [0.1, 0.15) is 12.6 Å². The first-order chi connectivity index (χ1) is 4.75. The Morgan fingerprint density at radius 1 is 1.70 bits per heavy atom. The molecule has 1 N–H and O–H groups in total. The van der Waals surface area contributed by atoms with E-state index in [-0.39, 0.29) is 0 Å². The summed E-state index contributed by atoms with van der Waals surface area (Å²) in [6, 6.07) is 3.80. The van der Waals surface area contributed by atoms with Crippen molar-refractivity contribution in [2.75, 3.05) is 0 Å². The fourth-order valence-electron chi connectivity index (χ4n) is 0.888. The molecule has 0 bridgehead atoms. The summed E-state index contributed by atoms with van der Waals surface area (Å²) in [7, 11) is 1.91. The van der Waals surface area contributed by atoms with E-state index >= 15 is 0 Å². The Bertz CT molecular complexity index is 250. The van der Waals surface area contributed by atoms with E-state index < -0.39 is 0 Å². The molecular weight excluding hydrogens is 128 g/mol. The summed E-state index contributed by atoms with van der Waals surface area (Å²) in [5.74, 6) is 0.